The zero-order valence-corrected chi connectivity index (χ0v) is 15.1. The number of aryl methyl sites for hydroxylation is 2. The summed E-state index contributed by atoms with van der Waals surface area (Å²) >= 11 is 5.98. The molecule has 24 heavy (non-hydrogen) atoms. The van der Waals surface area contributed by atoms with Crippen molar-refractivity contribution in [2.45, 2.75) is 26.3 Å². The lowest BCUT2D eigenvalue weighted by Gasteiger charge is -2.14. The van der Waals surface area contributed by atoms with Gasteiger partial charge in [0.15, 0.2) is 9.84 Å². The number of sulfone groups is 1. The number of rotatable bonds is 4. The highest BCUT2D eigenvalue weighted by Gasteiger charge is 2.28. The average molecular weight is 367 g/mol. The maximum atomic E-state index is 11.6. The van der Waals surface area contributed by atoms with Gasteiger partial charge in [0, 0.05) is 22.8 Å². The summed E-state index contributed by atoms with van der Waals surface area (Å²) in [5, 5.41) is 7.13. The Morgan fingerprint density at radius 2 is 1.92 bits per heavy atom. The van der Waals surface area contributed by atoms with Gasteiger partial charge in [0.05, 0.1) is 11.5 Å². The molecule has 6 nitrogen and oxygen atoms in total. The summed E-state index contributed by atoms with van der Waals surface area (Å²) in [6.45, 7) is 3.77. The van der Waals surface area contributed by atoms with Gasteiger partial charge in [0.25, 0.3) is 0 Å². The van der Waals surface area contributed by atoms with Crippen LogP contribution < -0.4 is 10.6 Å². The third kappa shape index (κ3) is 4.15. The number of hydrogen-bond donors (Lipinski definition) is 2. The topological polar surface area (TPSA) is 84.0 Å². The lowest BCUT2D eigenvalue weighted by Crippen LogP contribution is -2.21. The van der Waals surface area contributed by atoms with Crippen molar-refractivity contribution in [1.29, 1.82) is 0 Å². The van der Waals surface area contributed by atoms with Crippen molar-refractivity contribution >= 4 is 38.8 Å². The molecule has 2 heterocycles. The molecule has 0 radical (unpaired) electrons. The highest BCUT2D eigenvalue weighted by atomic mass is 35.5. The Labute approximate surface area is 146 Å². The normalized spacial score (nSPS) is 19.2. The third-order valence-corrected chi connectivity index (χ3v) is 5.88. The maximum Gasteiger partial charge on any atom is 0.152 e. The molecule has 128 valence electrons. The lowest BCUT2D eigenvalue weighted by molar-refractivity contribution is 0.602. The van der Waals surface area contributed by atoms with Gasteiger partial charge in [-0.15, -0.1) is 0 Å². The van der Waals surface area contributed by atoms with Crippen LogP contribution >= 0.6 is 11.6 Å². The smallest absolute Gasteiger partial charge is 0.152 e. The van der Waals surface area contributed by atoms with Gasteiger partial charge in [-0.05, 0) is 44.0 Å². The molecule has 1 aromatic heterocycles. The van der Waals surface area contributed by atoms with Gasteiger partial charge in [0.1, 0.15) is 17.5 Å². The van der Waals surface area contributed by atoms with E-state index in [9.17, 15) is 8.42 Å². The van der Waals surface area contributed by atoms with Crippen LogP contribution in [0.15, 0.2) is 24.3 Å². The second kappa shape index (κ2) is 6.57. The first-order valence-corrected chi connectivity index (χ1v) is 9.86. The molecule has 1 unspecified atom stereocenters. The van der Waals surface area contributed by atoms with E-state index in [4.69, 9.17) is 11.6 Å². The highest BCUT2D eigenvalue weighted by molar-refractivity contribution is 7.91. The van der Waals surface area contributed by atoms with Gasteiger partial charge in [0.2, 0.25) is 0 Å². The molecule has 1 aliphatic heterocycles. The quantitative estimate of drug-likeness (QED) is 0.865. The fraction of sp³-hybridized carbons (Fsp3) is 0.375. The predicted octanol–water partition coefficient (Wildman–Crippen LogP) is 3.09. The molecule has 1 fully saturated rings. The summed E-state index contributed by atoms with van der Waals surface area (Å²) in [5.41, 5.74) is 1.92. The first-order chi connectivity index (χ1) is 11.3. The van der Waals surface area contributed by atoms with Crippen LogP contribution in [0.25, 0.3) is 0 Å². The number of nitrogens with one attached hydrogen (secondary N) is 2. The maximum absolute atomic E-state index is 11.6. The second-order valence-corrected chi connectivity index (χ2v) is 8.68. The minimum atomic E-state index is -2.93. The molecule has 0 aliphatic carbocycles. The summed E-state index contributed by atoms with van der Waals surface area (Å²) in [7, 11) is -2.93. The van der Waals surface area contributed by atoms with Crippen molar-refractivity contribution in [3.8, 4) is 0 Å². The summed E-state index contributed by atoms with van der Waals surface area (Å²) in [5.74, 6) is 2.25. The van der Waals surface area contributed by atoms with Gasteiger partial charge in [-0.3, -0.25) is 0 Å². The number of nitrogens with zero attached hydrogens (tertiary/aromatic N) is 2. The predicted molar refractivity (Wildman–Crippen MR) is 96.9 cm³/mol. The van der Waals surface area contributed by atoms with Crippen molar-refractivity contribution in [2.24, 2.45) is 0 Å². The van der Waals surface area contributed by atoms with Crippen LogP contribution in [-0.4, -0.2) is 35.9 Å². The molecular formula is C16H19ClN4O2S. The van der Waals surface area contributed by atoms with Gasteiger partial charge in [-0.1, -0.05) is 11.6 Å². The Hall–Kier alpha value is -1.86. The van der Waals surface area contributed by atoms with E-state index >= 15 is 0 Å². The fourth-order valence-corrected chi connectivity index (χ4v) is 4.63. The number of halogens is 1. The molecule has 8 heteroatoms. The van der Waals surface area contributed by atoms with Crippen LogP contribution in [0.1, 0.15) is 17.8 Å². The molecule has 0 spiro atoms. The summed E-state index contributed by atoms with van der Waals surface area (Å²) < 4.78 is 23.2. The van der Waals surface area contributed by atoms with Gasteiger partial charge in [-0.2, -0.15) is 0 Å². The number of hydrogen-bond acceptors (Lipinski definition) is 6. The number of anilines is 3. The van der Waals surface area contributed by atoms with Crippen LogP contribution in [0.2, 0.25) is 5.02 Å². The SMILES string of the molecule is Cc1nc(Nc2ccc(Cl)cc2C)cc(NC2CCS(=O)(=O)C2)n1. The number of benzene rings is 1. The number of aromatic nitrogens is 2. The molecule has 2 N–H and O–H groups in total. The Balaban J connectivity index is 1.79. The zero-order valence-electron chi connectivity index (χ0n) is 13.5. The summed E-state index contributed by atoms with van der Waals surface area (Å²) in [6, 6.07) is 7.26. The largest absolute Gasteiger partial charge is 0.366 e. The Morgan fingerprint density at radius 3 is 2.58 bits per heavy atom. The van der Waals surface area contributed by atoms with Gasteiger partial charge >= 0.3 is 0 Å². The third-order valence-electron chi connectivity index (χ3n) is 3.87. The van der Waals surface area contributed by atoms with Crippen molar-refractivity contribution in [2.75, 3.05) is 22.1 Å². The molecule has 1 aliphatic rings. The molecule has 0 amide bonds. The van der Waals surface area contributed by atoms with E-state index in [0.717, 1.165) is 11.3 Å². The minimum Gasteiger partial charge on any atom is -0.366 e. The first kappa shape index (κ1) is 17.0. The average Bonchev–Trinajstić information content (AvgIpc) is 2.80. The van der Waals surface area contributed by atoms with Gasteiger partial charge in [-0.25, -0.2) is 18.4 Å². The van der Waals surface area contributed by atoms with Crippen LogP contribution in [-0.2, 0) is 9.84 Å². The first-order valence-electron chi connectivity index (χ1n) is 7.66. The van der Waals surface area contributed by atoms with Crippen molar-refractivity contribution < 1.29 is 8.42 Å². The standard InChI is InChI=1S/C16H19ClN4O2S/c1-10-7-12(17)3-4-14(10)21-16-8-15(18-11(2)19-16)20-13-5-6-24(22,23)9-13/h3-4,7-8,13H,5-6,9H2,1-2H3,(H2,18,19,20,21). The molecule has 1 aromatic carbocycles. The Morgan fingerprint density at radius 1 is 1.17 bits per heavy atom. The fourth-order valence-electron chi connectivity index (χ4n) is 2.73. The summed E-state index contributed by atoms with van der Waals surface area (Å²) in [6.07, 6.45) is 0.602. The van der Waals surface area contributed by atoms with Crippen molar-refractivity contribution in [3.05, 3.63) is 40.7 Å². The summed E-state index contributed by atoms with van der Waals surface area (Å²) in [4.78, 5) is 8.73. The van der Waals surface area contributed by atoms with Crippen LogP contribution in [0, 0.1) is 13.8 Å². The van der Waals surface area contributed by atoms with E-state index in [2.05, 4.69) is 20.6 Å². The van der Waals surface area contributed by atoms with Crippen LogP contribution in [0.5, 0.6) is 0 Å². The molecule has 1 saturated heterocycles. The van der Waals surface area contributed by atoms with Crippen LogP contribution in [0.3, 0.4) is 0 Å². The van der Waals surface area contributed by atoms with E-state index in [1.807, 2.05) is 25.1 Å². The van der Waals surface area contributed by atoms with E-state index in [1.54, 1.807) is 13.0 Å². The van der Waals surface area contributed by atoms with E-state index in [-0.39, 0.29) is 17.5 Å². The van der Waals surface area contributed by atoms with Crippen molar-refractivity contribution in [1.82, 2.24) is 9.97 Å². The molecule has 0 bridgehead atoms. The van der Waals surface area contributed by atoms with E-state index < -0.39 is 9.84 Å². The highest BCUT2D eigenvalue weighted by Crippen LogP contribution is 2.24. The minimum absolute atomic E-state index is 0.102. The monoisotopic (exact) mass is 366 g/mol. The van der Waals surface area contributed by atoms with E-state index in [1.165, 1.54) is 0 Å². The van der Waals surface area contributed by atoms with Gasteiger partial charge < -0.3 is 10.6 Å². The molecule has 2 aromatic rings. The zero-order chi connectivity index (χ0) is 17.3. The molecular weight excluding hydrogens is 348 g/mol. The van der Waals surface area contributed by atoms with Crippen molar-refractivity contribution in [3.63, 3.8) is 0 Å². The molecule has 0 saturated carbocycles. The van der Waals surface area contributed by atoms with E-state index in [0.29, 0.717) is 28.9 Å². The second-order valence-electron chi connectivity index (χ2n) is 6.01. The lowest BCUT2D eigenvalue weighted by atomic mass is 10.2. The van der Waals surface area contributed by atoms with Crippen LogP contribution in [0.4, 0.5) is 17.3 Å². The molecule has 1 atom stereocenters. The Kier molecular flexibility index (Phi) is 4.64. The molecule has 3 rings (SSSR count). The Bertz CT molecular complexity index is 870.